The molecule has 0 spiro atoms. The third-order valence-corrected chi connectivity index (χ3v) is 4.09. The zero-order valence-electron chi connectivity index (χ0n) is 13.0. The van der Waals surface area contributed by atoms with Crippen LogP contribution in [-0.2, 0) is 6.54 Å². The molecular weight excluding hydrogens is 256 g/mol. The van der Waals surface area contributed by atoms with Gasteiger partial charge in [-0.25, -0.2) is 0 Å². The maximum absolute atomic E-state index is 3.54. The molecule has 0 aliphatic heterocycles. The molecular formula is C19H24N2. The Labute approximate surface area is 126 Å². The number of fused-ring (bicyclic) bond motifs is 3. The highest BCUT2D eigenvalue weighted by Crippen LogP contribution is 2.29. The lowest BCUT2D eigenvalue weighted by Crippen LogP contribution is -2.24. The minimum atomic E-state index is 1.04. The molecule has 0 saturated heterocycles. The molecule has 0 unspecified atom stereocenters. The second kappa shape index (κ2) is 6.31. The first kappa shape index (κ1) is 14.2. The van der Waals surface area contributed by atoms with Gasteiger partial charge in [-0.3, -0.25) is 4.90 Å². The molecule has 1 N–H and O–H groups in total. The largest absolute Gasteiger partial charge is 0.355 e. The summed E-state index contributed by atoms with van der Waals surface area (Å²) in [6.45, 7) is 7.91. The molecule has 0 aliphatic carbocycles. The van der Waals surface area contributed by atoms with E-state index >= 15 is 0 Å². The number of para-hydroxylation sites is 1. The van der Waals surface area contributed by atoms with Crippen molar-refractivity contribution in [1.82, 2.24) is 9.88 Å². The third kappa shape index (κ3) is 2.81. The van der Waals surface area contributed by atoms with Gasteiger partial charge >= 0.3 is 0 Å². The van der Waals surface area contributed by atoms with Crippen LogP contribution in [0.25, 0.3) is 21.8 Å². The van der Waals surface area contributed by atoms with Crippen molar-refractivity contribution >= 4 is 21.8 Å². The van der Waals surface area contributed by atoms with Crippen molar-refractivity contribution in [2.75, 3.05) is 13.1 Å². The van der Waals surface area contributed by atoms with Gasteiger partial charge in [0, 0.05) is 28.4 Å². The number of hydrogen-bond acceptors (Lipinski definition) is 1. The van der Waals surface area contributed by atoms with Crippen molar-refractivity contribution in [3.63, 3.8) is 0 Å². The molecule has 0 bridgehead atoms. The highest BCUT2D eigenvalue weighted by atomic mass is 15.1. The summed E-state index contributed by atoms with van der Waals surface area (Å²) in [6, 6.07) is 15.2. The van der Waals surface area contributed by atoms with Crippen LogP contribution in [0.5, 0.6) is 0 Å². The van der Waals surface area contributed by atoms with E-state index in [0.29, 0.717) is 0 Å². The number of benzene rings is 2. The van der Waals surface area contributed by atoms with Crippen LogP contribution >= 0.6 is 0 Å². The standard InChI is InChI=1S/C19H24N2/c1-3-12-21(13-4-2)14-15-8-7-11-18-19(15)16-9-5-6-10-17(16)20-18/h5-11,20H,3-4,12-14H2,1-2H3. The number of nitrogens with zero attached hydrogens (tertiary/aromatic N) is 1. The fourth-order valence-electron chi connectivity index (χ4n) is 3.25. The average molecular weight is 280 g/mol. The average Bonchev–Trinajstić information content (AvgIpc) is 2.87. The Hall–Kier alpha value is -1.80. The van der Waals surface area contributed by atoms with E-state index in [1.54, 1.807) is 0 Å². The molecule has 0 radical (unpaired) electrons. The Kier molecular flexibility index (Phi) is 4.26. The quantitative estimate of drug-likeness (QED) is 0.677. The van der Waals surface area contributed by atoms with E-state index in [-0.39, 0.29) is 0 Å². The van der Waals surface area contributed by atoms with Crippen LogP contribution in [0.3, 0.4) is 0 Å². The van der Waals surface area contributed by atoms with Crippen LogP contribution in [0.2, 0.25) is 0 Å². The van der Waals surface area contributed by atoms with Crippen molar-refractivity contribution in [1.29, 1.82) is 0 Å². The van der Waals surface area contributed by atoms with Crippen LogP contribution in [0.1, 0.15) is 32.3 Å². The first-order chi connectivity index (χ1) is 10.3. The summed E-state index contributed by atoms with van der Waals surface area (Å²) < 4.78 is 0. The van der Waals surface area contributed by atoms with Gasteiger partial charge in [0.2, 0.25) is 0 Å². The highest BCUT2D eigenvalue weighted by Gasteiger charge is 2.11. The molecule has 0 amide bonds. The van der Waals surface area contributed by atoms with Gasteiger partial charge in [-0.15, -0.1) is 0 Å². The first-order valence-corrected chi connectivity index (χ1v) is 8.04. The predicted molar refractivity (Wildman–Crippen MR) is 91.7 cm³/mol. The molecule has 1 aromatic heterocycles. The second-order valence-corrected chi connectivity index (χ2v) is 5.79. The SMILES string of the molecule is CCCN(CCC)Cc1cccc2[nH]c3ccccc3c12. The molecule has 0 saturated carbocycles. The molecule has 21 heavy (non-hydrogen) atoms. The van der Waals surface area contributed by atoms with Gasteiger partial charge in [-0.05, 0) is 43.6 Å². The van der Waals surface area contributed by atoms with Gasteiger partial charge in [-0.1, -0.05) is 44.2 Å². The Morgan fingerprint density at radius 3 is 2.33 bits per heavy atom. The van der Waals surface area contributed by atoms with Crippen LogP contribution in [0, 0.1) is 0 Å². The van der Waals surface area contributed by atoms with Gasteiger partial charge < -0.3 is 4.98 Å². The van der Waals surface area contributed by atoms with Gasteiger partial charge in [0.1, 0.15) is 0 Å². The molecule has 3 aromatic rings. The molecule has 1 heterocycles. The lowest BCUT2D eigenvalue weighted by molar-refractivity contribution is 0.267. The van der Waals surface area contributed by atoms with Gasteiger partial charge in [0.05, 0.1) is 0 Å². The Morgan fingerprint density at radius 2 is 1.57 bits per heavy atom. The number of H-pyrrole nitrogens is 1. The molecule has 0 atom stereocenters. The number of aromatic amines is 1. The number of aromatic nitrogens is 1. The molecule has 3 rings (SSSR count). The smallest absolute Gasteiger partial charge is 0.0468 e. The summed E-state index contributed by atoms with van der Waals surface area (Å²) in [5.74, 6) is 0. The van der Waals surface area contributed by atoms with Gasteiger partial charge in [0.25, 0.3) is 0 Å². The van der Waals surface area contributed by atoms with Crippen molar-refractivity contribution in [3.8, 4) is 0 Å². The lowest BCUT2D eigenvalue weighted by Gasteiger charge is -2.21. The summed E-state index contributed by atoms with van der Waals surface area (Å²) in [5.41, 5.74) is 3.92. The molecule has 110 valence electrons. The van der Waals surface area contributed by atoms with E-state index in [2.05, 4.69) is 66.2 Å². The van der Waals surface area contributed by atoms with Crippen molar-refractivity contribution in [2.45, 2.75) is 33.2 Å². The normalized spacial score (nSPS) is 11.8. The highest BCUT2D eigenvalue weighted by molar-refractivity contribution is 6.08. The van der Waals surface area contributed by atoms with E-state index in [4.69, 9.17) is 0 Å². The van der Waals surface area contributed by atoms with E-state index in [0.717, 1.165) is 6.54 Å². The van der Waals surface area contributed by atoms with E-state index in [9.17, 15) is 0 Å². The van der Waals surface area contributed by atoms with Crippen molar-refractivity contribution < 1.29 is 0 Å². The fraction of sp³-hybridized carbons (Fsp3) is 0.368. The zero-order chi connectivity index (χ0) is 14.7. The minimum Gasteiger partial charge on any atom is -0.355 e. The van der Waals surface area contributed by atoms with E-state index in [1.807, 2.05) is 0 Å². The van der Waals surface area contributed by atoms with E-state index in [1.165, 1.54) is 53.3 Å². The molecule has 0 aliphatic rings. The predicted octanol–water partition coefficient (Wildman–Crippen LogP) is 4.94. The zero-order valence-corrected chi connectivity index (χ0v) is 13.0. The fourth-order valence-corrected chi connectivity index (χ4v) is 3.25. The maximum atomic E-state index is 3.54. The van der Waals surface area contributed by atoms with Crippen LogP contribution in [0.4, 0.5) is 0 Å². The Morgan fingerprint density at radius 1 is 0.857 bits per heavy atom. The lowest BCUT2D eigenvalue weighted by atomic mass is 10.1. The van der Waals surface area contributed by atoms with Crippen molar-refractivity contribution in [3.05, 3.63) is 48.0 Å². The minimum absolute atomic E-state index is 1.04. The number of nitrogens with one attached hydrogen (secondary N) is 1. The summed E-state index contributed by atoms with van der Waals surface area (Å²) in [7, 11) is 0. The summed E-state index contributed by atoms with van der Waals surface area (Å²) in [4.78, 5) is 6.10. The van der Waals surface area contributed by atoms with Crippen LogP contribution in [0.15, 0.2) is 42.5 Å². The summed E-state index contributed by atoms with van der Waals surface area (Å²) in [6.07, 6.45) is 2.42. The Balaban J connectivity index is 2.05. The maximum Gasteiger partial charge on any atom is 0.0468 e. The Bertz CT molecular complexity index is 721. The molecule has 2 heteroatoms. The number of rotatable bonds is 6. The van der Waals surface area contributed by atoms with E-state index < -0.39 is 0 Å². The molecule has 2 aromatic carbocycles. The van der Waals surface area contributed by atoms with Gasteiger partial charge in [0.15, 0.2) is 0 Å². The summed E-state index contributed by atoms with van der Waals surface area (Å²) >= 11 is 0. The molecule has 0 fully saturated rings. The monoisotopic (exact) mass is 280 g/mol. The van der Waals surface area contributed by atoms with Crippen LogP contribution in [-0.4, -0.2) is 23.0 Å². The van der Waals surface area contributed by atoms with Crippen molar-refractivity contribution in [2.24, 2.45) is 0 Å². The molecule has 2 nitrogen and oxygen atoms in total. The summed E-state index contributed by atoms with van der Waals surface area (Å²) in [5, 5.41) is 2.74. The topological polar surface area (TPSA) is 19.0 Å². The third-order valence-electron chi connectivity index (χ3n) is 4.09. The van der Waals surface area contributed by atoms with Gasteiger partial charge in [-0.2, -0.15) is 0 Å². The second-order valence-electron chi connectivity index (χ2n) is 5.79. The first-order valence-electron chi connectivity index (χ1n) is 8.04. The number of hydrogen-bond donors (Lipinski definition) is 1. The van der Waals surface area contributed by atoms with Crippen LogP contribution < -0.4 is 0 Å².